The zero-order valence-electron chi connectivity index (χ0n) is 14.1. The van der Waals surface area contributed by atoms with Gasteiger partial charge in [0.1, 0.15) is 0 Å². The molecule has 2 aromatic rings. The van der Waals surface area contributed by atoms with Gasteiger partial charge in [0.05, 0.1) is 16.7 Å². The Kier molecular flexibility index (Phi) is 6.69. The van der Waals surface area contributed by atoms with Crippen LogP contribution >= 0.6 is 23.4 Å². The van der Waals surface area contributed by atoms with Gasteiger partial charge < -0.3 is 5.32 Å². The van der Waals surface area contributed by atoms with Crippen LogP contribution in [0, 0.1) is 5.92 Å². The zero-order chi connectivity index (χ0) is 17.7. The van der Waals surface area contributed by atoms with Crippen LogP contribution in [0.2, 0.25) is 5.02 Å². The molecule has 0 spiro atoms. The number of carbonyl (C=O) groups is 1. The Labute approximate surface area is 150 Å². The Morgan fingerprint density at radius 1 is 1.42 bits per heavy atom. The van der Waals surface area contributed by atoms with Crippen molar-refractivity contribution in [3.8, 4) is 0 Å². The number of thioether (sulfide) groups is 1. The summed E-state index contributed by atoms with van der Waals surface area (Å²) in [6, 6.07) is 5.08. The van der Waals surface area contributed by atoms with E-state index >= 15 is 0 Å². The number of hydrogen-bond acceptors (Lipinski definition) is 4. The maximum atomic E-state index is 12.8. The topological polar surface area (TPSA) is 64.0 Å². The van der Waals surface area contributed by atoms with Crippen LogP contribution < -0.4 is 10.9 Å². The summed E-state index contributed by atoms with van der Waals surface area (Å²) < 4.78 is 1.67. The molecule has 0 fully saturated rings. The monoisotopic (exact) mass is 367 g/mol. The minimum atomic E-state index is -0.0873. The lowest BCUT2D eigenvalue weighted by Crippen LogP contribution is -2.27. The van der Waals surface area contributed by atoms with Crippen LogP contribution in [-0.2, 0) is 11.3 Å². The molecule has 24 heavy (non-hydrogen) atoms. The number of carbonyl (C=O) groups excluding carboxylic acids is 1. The molecule has 7 heteroatoms. The molecule has 0 saturated carbocycles. The minimum absolute atomic E-state index is 0.0710. The van der Waals surface area contributed by atoms with E-state index in [4.69, 9.17) is 11.6 Å². The molecular formula is C17H22ClN3O2S. The summed E-state index contributed by atoms with van der Waals surface area (Å²) >= 11 is 7.29. The van der Waals surface area contributed by atoms with Gasteiger partial charge in [-0.1, -0.05) is 37.2 Å². The third kappa shape index (κ3) is 4.74. The highest BCUT2D eigenvalue weighted by atomic mass is 35.5. The molecule has 0 aliphatic carbocycles. The van der Waals surface area contributed by atoms with Crippen molar-refractivity contribution < 1.29 is 4.79 Å². The lowest BCUT2D eigenvalue weighted by molar-refractivity contribution is -0.118. The summed E-state index contributed by atoms with van der Waals surface area (Å²) in [5.74, 6) is 0.631. The highest BCUT2D eigenvalue weighted by molar-refractivity contribution is 7.99. The number of amides is 1. The summed E-state index contributed by atoms with van der Waals surface area (Å²) in [5, 5.41) is 4.39. The number of rotatable bonds is 7. The number of nitrogens with one attached hydrogen (secondary N) is 1. The zero-order valence-corrected chi connectivity index (χ0v) is 15.7. The molecule has 0 saturated heterocycles. The van der Waals surface area contributed by atoms with Crippen LogP contribution in [0.15, 0.2) is 28.2 Å². The van der Waals surface area contributed by atoms with Crippen molar-refractivity contribution >= 4 is 40.2 Å². The molecule has 0 aliphatic heterocycles. The van der Waals surface area contributed by atoms with E-state index < -0.39 is 0 Å². The summed E-state index contributed by atoms with van der Waals surface area (Å²) in [6.45, 7) is 7.26. The van der Waals surface area contributed by atoms with Gasteiger partial charge in [-0.3, -0.25) is 14.2 Å². The molecule has 0 unspecified atom stereocenters. The van der Waals surface area contributed by atoms with Gasteiger partial charge in [0.2, 0.25) is 5.91 Å². The standard InChI is InChI=1S/C17H22ClN3O2S/c1-4-19-15(22)10-24-17-20-14-9-12(18)5-6-13(14)16(23)21(17)8-7-11(2)3/h5-6,9,11H,4,7-8,10H2,1-3H3,(H,19,22). The van der Waals surface area contributed by atoms with Crippen LogP contribution in [0.1, 0.15) is 27.2 Å². The van der Waals surface area contributed by atoms with Gasteiger partial charge in [-0.2, -0.15) is 0 Å². The smallest absolute Gasteiger partial charge is 0.262 e. The molecule has 0 radical (unpaired) electrons. The average Bonchev–Trinajstić information content (AvgIpc) is 2.52. The quantitative estimate of drug-likeness (QED) is 0.602. The number of fused-ring (bicyclic) bond motifs is 1. The molecule has 1 aromatic heterocycles. The Morgan fingerprint density at radius 2 is 2.17 bits per heavy atom. The molecule has 5 nitrogen and oxygen atoms in total. The fraction of sp³-hybridized carbons (Fsp3) is 0.471. The highest BCUT2D eigenvalue weighted by Crippen LogP contribution is 2.21. The highest BCUT2D eigenvalue weighted by Gasteiger charge is 2.14. The van der Waals surface area contributed by atoms with E-state index in [9.17, 15) is 9.59 Å². The van der Waals surface area contributed by atoms with Crippen molar-refractivity contribution in [3.05, 3.63) is 33.6 Å². The molecule has 1 amide bonds. The fourth-order valence-electron chi connectivity index (χ4n) is 2.25. The molecule has 1 aromatic carbocycles. The lowest BCUT2D eigenvalue weighted by atomic mass is 10.1. The summed E-state index contributed by atoms with van der Waals surface area (Å²) in [6.07, 6.45) is 0.870. The van der Waals surface area contributed by atoms with Gasteiger partial charge in [0.25, 0.3) is 5.56 Å². The average molecular weight is 368 g/mol. The minimum Gasteiger partial charge on any atom is -0.356 e. The van der Waals surface area contributed by atoms with Gasteiger partial charge in [0.15, 0.2) is 5.16 Å². The van der Waals surface area contributed by atoms with Crippen molar-refractivity contribution in [2.45, 2.75) is 38.9 Å². The van der Waals surface area contributed by atoms with E-state index in [2.05, 4.69) is 24.1 Å². The Morgan fingerprint density at radius 3 is 2.83 bits per heavy atom. The first kappa shape index (κ1) is 18.8. The van der Waals surface area contributed by atoms with E-state index in [1.165, 1.54) is 11.8 Å². The van der Waals surface area contributed by atoms with Gasteiger partial charge in [-0.05, 0) is 37.5 Å². The van der Waals surface area contributed by atoms with Gasteiger partial charge in [-0.15, -0.1) is 0 Å². The third-order valence-corrected chi connectivity index (χ3v) is 4.73. The maximum Gasteiger partial charge on any atom is 0.262 e. The Bertz CT molecular complexity index is 789. The number of aromatic nitrogens is 2. The van der Waals surface area contributed by atoms with E-state index in [0.717, 1.165) is 6.42 Å². The molecule has 1 heterocycles. The maximum absolute atomic E-state index is 12.8. The first-order chi connectivity index (χ1) is 11.4. The second-order valence-corrected chi connectivity index (χ2v) is 7.32. The number of hydrogen-bond donors (Lipinski definition) is 1. The van der Waals surface area contributed by atoms with Crippen molar-refractivity contribution in [2.75, 3.05) is 12.3 Å². The lowest BCUT2D eigenvalue weighted by Gasteiger charge is -2.14. The second kappa shape index (κ2) is 8.53. The third-order valence-electron chi connectivity index (χ3n) is 3.52. The van der Waals surface area contributed by atoms with Crippen LogP contribution in [0.25, 0.3) is 10.9 Å². The SMILES string of the molecule is CCNC(=O)CSc1nc2cc(Cl)ccc2c(=O)n1CCC(C)C. The first-order valence-corrected chi connectivity index (χ1v) is 9.38. The van der Waals surface area contributed by atoms with E-state index in [-0.39, 0.29) is 17.2 Å². The molecule has 0 atom stereocenters. The Hall–Kier alpha value is -1.53. The largest absolute Gasteiger partial charge is 0.356 e. The van der Waals surface area contributed by atoms with Crippen molar-refractivity contribution in [3.63, 3.8) is 0 Å². The first-order valence-electron chi connectivity index (χ1n) is 8.02. The predicted molar refractivity (Wildman–Crippen MR) is 99.9 cm³/mol. The molecule has 1 N–H and O–H groups in total. The van der Waals surface area contributed by atoms with Crippen LogP contribution in [0.3, 0.4) is 0 Å². The summed E-state index contributed by atoms with van der Waals surface area (Å²) in [4.78, 5) is 29.1. The molecule has 0 aliphatic rings. The predicted octanol–water partition coefficient (Wildman–Crippen LogP) is 3.32. The molecular weight excluding hydrogens is 346 g/mol. The fourth-order valence-corrected chi connectivity index (χ4v) is 3.27. The van der Waals surface area contributed by atoms with Crippen molar-refractivity contribution in [1.82, 2.24) is 14.9 Å². The second-order valence-electron chi connectivity index (χ2n) is 5.94. The van der Waals surface area contributed by atoms with Crippen LogP contribution in [-0.4, -0.2) is 27.8 Å². The molecule has 0 bridgehead atoms. The molecule has 2 rings (SSSR count). The van der Waals surface area contributed by atoms with E-state index in [1.807, 2.05) is 6.92 Å². The molecule has 130 valence electrons. The van der Waals surface area contributed by atoms with Gasteiger partial charge in [0, 0.05) is 18.1 Å². The van der Waals surface area contributed by atoms with E-state index in [1.54, 1.807) is 22.8 Å². The number of halogens is 1. The number of nitrogens with zero attached hydrogens (tertiary/aromatic N) is 2. The van der Waals surface area contributed by atoms with Crippen LogP contribution in [0.4, 0.5) is 0 Å². The normalized spacial score (nSPS) is 11.2. The summed E-state index contributed by atoms with van der Waals surface area (Å²) in [5.41, 5.74) is 0.474. The Balaban J connectivity index is 2.42. The number of benzene rings is 1. The van der Waals surface area contributed by atoms with Crippen molar-refractivity contribution in [1.29, 1.82) is 0 Å². The van der Waals surface area contributed by atoms with Gasteiger partial charge in [-0.25, -0.2) is 4.98 Å². The summed E-state index contributed by atoms with van der Waals surface area (Å²) in [7, 11) is 0. The van der Waals surface area contributed by atoms with Gasteiger partial charge >= 0.3 is 0 Å². The van der Waals surface area contributed by atoms with Crippen LogP contribution in [0.5, 0.6) is 0 Å². The van der Waals surface area contributed by atoms with E-state index in [0.29, 0.717) is 40.1 Å². The van der Waals surface area contributed by atoms with Crippen molar-refractivity contribution in [2.24, 2.45) is 5.92 Å².